The standard InChI is InChI=1S/C25H24ClN7O.C25H27N7O2.C25H28N6O3S2.C25H28N6O2.2CH4/c1-16-13-22-23(14-19(16)20-15-27-8-7-21(20)26)30-31-25(29-22)28-18-5-3-17(4-6-18)24(34)33-11-9-32(2)10-12-33;1-15-13-19(22-16(2)30-34-17(22)3)14-21-23(15)27-25(29-28-21)26-20-7-5-18(6-8-20)24(33)32-11-9-31(4)10-12-32;1-17-14-22-23(15-21(17)24-9-6-19(16-32)35-24)29-30-25(28-22)27-18-4-7-20(8-5-18)36(33,34)26-10-13-31-11-2-3-12-31;1-16-14-19(23-17(2)30-33-18(23)3)15-22-24(16)27-25(29-28-22)26-20-6-8-21(9-7-20)32-13-12-31-10-4-5-11-31;;/h3-8,13-15H,9-12H2,1-2H3,(H,28,29,31);5-8,13-14H,9-12H2,1-4H3,(H,26,27,29);4-9,14-15,26,32H,2-3,10-13,16H2,1H3,(H,27,28,30);6-9,14-15H,4-5,10-13H2,1-3H3,(H,26,27,29);2*1H4. The van der Waals surface area contributed by atoms with Gasteiger partial charge in [0.25, 0.3) is 11.8 Å². The lowest BCUT2D eigenvalue weighted by Crippen LogP contribution is -2.47. The zero-order valence-corrected chi connectivity index (χ0v) is 80.4. The number of sulfonamides is 1. The number of nitrogens with one attached hydrogen (secondary N) is 5. The fourth-order valence-electron chi connectivity index (χ4n) is 17.0. The molecule has 37 heteroatoms. The van der Waals surface area contributed by atoms with Crippen LogP contribution in [0.5, 0.6) is 5.75 Å². The molecule has 0 aliphatic carbocycles. The van der Waals surface area contributed by atoms with Crippen LogP contribution in [0.25, 0.3) is 88.0 Å². The number of likely N-dealkylation sites (tertiary alicyclic amines) is 2. The van der Waals surface area contributed by atoms with Gasteiger partial charge in [-0.05, 0) is 330 Å². The maximum atomic E-state index is 12.8. The monoisotopic (exact) mass is 1930 g/mol. The van der Waals surface area contributed by atoms with E-state index >= 15 is 0 Å². The third kappa shape index (κ3) is 24.4. The van der Waals surface area contributed by atoms with Crippen LogP contribution in [0.2, 0.25) is 5.02 Å². The third-order valence-electron chi connectivity index (χ3n) is 24.6. The number of ether oxygens (including phenoxy) is 1. The number of fused-ring (bicyclic) bond motifs is 4. The number of carbonyl (C=O) groups is 2. The number of aliphatic hydroxyl groups is 1. The highest BCUT2D eigenvalue weighted by Gasteiger charge is 2.26. The maximum absolute atomic E-state index is 12.8. The fourth-order valence-corrected chi connectivity index (χ4v) is 19.2. The summed E-state index contributed by atoms with van der Waals surface area (Å²) in [6.45, 7) is 29.6. The number of aromatic nitrogens is 15. The van der Waals surface area contributed by atoms with Gasteiger partial charge >= 0.3 is 0 Å². The Morgan fingerprint density at radius 2 is 0.878 bits per heavy atom. The van der Waals surface area contributed by atoms with E-state index in [-0.39, 0.29) is 38.2 Å². The van der Waals surface area contributed by atoms with Gasteiger partial charge in [0.2, 0.25) is 33.8 Å². The van der Waals surface area contributed by atoms with E-state index < -0.39 is 10.0 Å². The van der Waals surface area contributed by atoms with Crippen LogP contribution in [0, 0.1) is 55.4 Å². The number of hydrogen-bond acceptors (Lipinski definition) is 32. The number of amides is 2. The van der Waals surface area contributed by atoms with Gasteiger partial charge in [-0.1, -0.05) is 36.8 Å². The SMILES string of the molecule is C.C.Cc1cc2nc(Nc3ccc(C(=O)N4CCN(C)CC4)cc3)nnc2cc1-c1cnccc1Cl.Cc1cc2nc(Nc3ccc(S(=O)(=O)NCCN4CCCC4)cc3)nnc2cc1-c1ccc(CO)s1.Cc1noc(C)c1-c1cc(C)c2nc(Nc3ccc(C(=O)N4CCN(C)CC4)cc3)nnc2c1.Cc1noc(C)c1-c1cc(C)c2nc(Nc3ccc(OCCN4CCCC4)cc3)nnc2c1. The first-order valence-electron chi connectivity index (χ1n) is 45.6. The summed E-state index contributed by atoms with van der Waals surface area (Å²) in [5.41, 5.74) is 22.8. The predicted octanol–water partition coefficient (Wildman–Crippen LogP) is 17.7. The average molecular weight is 1930 g/mol. The minimum atomic E-state index is -3.56. The number of rotatable bonds is 24. The second kappa shape index (κ2) is 45.1. The number of aryl methyl sites for hydroxylation is 8. The van der Waals surface area contributed by atoms with Crippen LogP contribution >= 0.6 is 22.9 Å². The predicted molar refractivity (Wildman–Crippen MR) is 547 cm³/mol. The molecule has 0 spiro atoms. The zero-order valence-electron chi connectivity index (χ0n) is 78.0. The smallest absolute Gasteiger partial charge is 0.253 e. The molecule has 4 fully saturated rings. The molecule has 8 aromatic carbocycles. The van der Waals surface area contributed by atoms with E-state index in [4.69, 9.17) is 30.4 Å². The molecule has 4 aliphatic heterocycles. The summed E-state index contributed by atoms with van der Waals surface area (Å²) in [4.78, 5) is 63.4. The van der Waals surface area contributed by atoms with Crippen molar-refractivity contribution in [3.8, 4) is 49.6 Å². The topological polar surface area (TPSA) is 397 Å². The van der Waals surface area contributed by atoms with Crippen molar-refractivity contribution >= 4 is 135 Å². The molecular weight excluding hydrogens is 1820 g/mol. The number of pyridine rings is 1. The number of anilines is 8. The van der Waals surface area contributed by atoms with Crippen molar-refractivity contribution in [3.63, 3.8) is 0 Å². The van der Waals surface area contributed by atoms with Crippen molar-refractivity contribution in [2.75, 3.05) is 140 Å². The van der Waals surface area contributed by atoms with Crippen LogP contribution in [0.15, 0.2) is 190 Å². The molecule has 0 unspecified atom stereocenters. The number of nitrogens with zero attached hydrogens (tertiary/aromatic N) is 21. The molecule has 0 radical (unpaired) electrons. The van der Waals surface area contributed by atoms with Gasteiger partial charge in [0.15, 0.2) is 0 Å². The second-order valence-electron chi connectivity index (χ2n) is 34.6. The summed E-state index contributed by atoms with van der Waals surface area (Å²) >= 11 is 7.90. The van der Waals surface area contributed by atoms with E-state index in [1.807, 2.05) is 187 Å². The van der Waals surface area contributed by atoms with E-state index in [1.165, 1.54) is 38.8 Å². The molecule has 4 saturated heterocycles. The number of benzene rings is 8. The van der Waals surface area contributed by atoms with Crippen molar-refractivity contribution in [1.82, 2.24) is 110 Å². The van der Waals surface area contributed by atoms with E-state index in [0.717, 1.165) is 217 Å². The van der Waals surface area contributed by atoms with Crippen LogP contribution in [0.3, 0.4) is 0 Å². The molecule has 2 amide bonds. The first-order valence-corrected chi connectivity index (χ1v) is 48.3. The van der Waals surface area contributed by atoms with Crippen LogP contribution < -0.4 is 30.7 Å². The Hall–Kier alpha value is -14.0. The Morgan fingerprint density at radius 3 is 1.32 bits per heavy atom. The average Bonchev–Trinajstić information content (AvgIpc) is 1.74. The highest BCUT2D eigenvalue weighted by molar-refractivity contribution is 7.89. The lowest BCUT2D eigenvalue weighted by molar-refractivity contribution is 0.0657. The summed E-state index contributed by atoms with van der Waals surface area (Å²) in [5, 5.41) is 65.2. The quantitative estimate of drug-likeness (QED) is 0.0327. The number of halogens is 1. The molecule has 6 N–H and O–H groups in total. The molecule has 8 aromatic heterocycles. The second-order valence-corrected chi connectivity index (χ2v) is 37.9. The number of thiophene rings is 1. The highest BCUT2D eigenvalue weighted by atomic mass is 35.5. The number of carbonyl (C=O) groups excluding carboxylic acids is 2. The summed E-state index contributed by atoms with van der Waals surface area (Å²) in [6.07, 6.45) is 8.36. The number of aliphatic hydroxyl groups excluding tert-OH is 1. The number of hydrogen-bond donors (Lipinski definition) is 6. The zero-order chi connectivity index (χ0) is 95.4. The van der Waals surface area contributed by atoms with Gasteiger partial charge < -0.3 is 64.7 Å². The van der Waals surface area contributed by atoms with Gasteiger partial charge in [0.05, 0.1) is 50.0 Å². The molecular formula is C102H115ClN26O8S2. The molecule has 720 valence electrons. The normalized spacial score (nSPS) is 14.2. The summed E-state index contributed by atoms with van der Waals surface area (Å²) in [5.74, 6) is 4.11. The van der Waals surface area contributed by atoms with Crippen molar-refractivity contribution in [2.24, 2.45) is 0 Å². The van der Waals surface area contributed by atoms with Crippen LogP contribution in [-0.4, -0.2) is 250 Å². The van der Waals surface area contributed by atoms with Crippen molar-refractivity contribution < 1.29 is 36.9 Å². The minimum Gasteiger partial charge on any atom is -0.492 e. The Morgan fingerprint density at radius 1 is 0.453 bits per heavy atom. The van der Waals surface area contributed by atoms with Crippen molar-refractivity contribution in [3.05, 3.63) is 242 Å². The summed E-state index contributed by atoms with van der Waals surface area (Å²) < 4.78 is 44.4. The molecule has 34 nitrogen and oxygen atoms in total. The van der Waals surface area contributed by atoms with Gasteiger partial charge in [0, 0.05) is 145 Å². The van der Waals surface area contributed by atoms with E-state index in [1.54, 1.807) is 54.1 Å². The van der Waals surface area contributed by atoms with Gasteiger partial charge in [-0.2, -0.15) is 0 Å². The largest absolute Gasteiger partial charge is 0.492 e. The summed E-state index contributed by atoms with van der Waals surface area (Å²) in [7, 11) is 0.583. The molecule has 16 aromatic rings. The molecule has 20 rings (SSSR count). The Balaban J connectivity index is 0.000000140. The van der Waals surface area contributed by atoms with Crippen LogP contribution in [-0.2, 0) is 16.6 Å². The minimum absolute atomic E-state index is 0. The molecule has 0 atom stereocenters. The molecule has 12 heterocycles. The van der Waals surface area contributed by atoms with E-state index in [0.29, 0.717) is 80.8 Å². The van der Waals surface area contributed by atoms with Crippen LogP contribution in [0.4, 0.5) is 46.5 Å². The van der Waals surface area contributed by atoms with Crippen molar-refractivity contribution in [1.29, 1.82) is 0 Å². The fraction of sp³-hybridized carbons (Fsp3) is 0.324. The van der Waals surface area contributed by atoms with Crippen LogP contribution in [0.1, 0.15) is 111 Å². The highest BCUT2D eigenvalue weighted by Crippen LogP contribution is 2.38. The van der Waals surface area contributed by atoms with E-state index in [2.05, 4.69) is 143 Å². The lowest BCUT2D eigenvalue weighted by Gasteiger charge is -2.32. The lowest BCUT2D eigenvalue weighted by atomic mass is 10.0. The first kappa shape index (κ1) is 99.5. The maximum Gasteiger partial charge on any atom is 0.253 e. The summed E-state index contributed by atoms with van der Waals surface area (Å²) in [6, 6.07) is 50.7. The molecule has 0 bridgehead atoms. The number of piperazine rings is 2. The number of likely N-dealkylation sites (N-methyl/N-ethyl adjacent to an activating group) is 2. The van der Waals surface area contributed by atoms with Crippen molar-refractivity contribution in [2.45, 2.75) is 107 Å². The van der Waals surface area contributed by atoms with Gasteiger partial charge in [-0.3, -0.25) is 19.5 Å². The van der Waals surface area contributed by atoms with Gasteiger partial charge in [-0.15, -0.1) is 52.1 Å². The Bertz CT molecular complexity index is 7090. The molecule has 139 heavy (non-hydrogen) atoms. The Labute approximate surface area is 816 Å². The molecule has 0 saturated carbocycles. The van der Waals surface area contributed by atoms with Gasteiger partial charge in [-0.25, -0.2) is 33.1 Å². The van der Waals surface area contributed by atoms with E-state index in [9.17, 15) is 23.1 Å². The first-order chi connectivity index (χ1) is 66.3. The molecule has 4 aliphatic rings. The third-order valence-corrected chi connectivity index (χ3v) is 27.5. The Kier molecular flexibility index (Phi) is 32.3. The van der Waals surface area contributed by atoms with Gasteiger partial charge in [0.1, 0.15) is 45.9 Å².